The maximum atomic E-state index is 12.6. The van der Waals surface area contributed by atoms with E-state index in [1.54, 1.807) is 6.08 Å². The van der Waals surface area contributed by atoms with Crippen molar-refractivity contribution in [2.45, 2.75) is 456 Å². The van der Waals surface area contributed by atoms with Crippen LogP contribution < -0.4 is 5.32 Å². The van der Waals surface area contributed by atoms with E-state index in [0.717, 1.165) is 44.9 Å². The molecule has 3 N–H and O–H groups in total. The molecule has 0 saturated heterocycles. The summed E-state index contributed by atoms with van der Waals surface area (Å²) in [5, 5.41) is 23.3. The van der Waals surface area contributed by atoms with Crippen molar-refractivity contribution in [3.05, 3.63) is 36.5 Å². The van der Waals surface area contributed by atoms with Gasteiger partial charge in [0, 0.05) is 12.8 Å². The summed E-state index contributed by atoms with van der Waals surface area (Å²) in [6, 6.07) is -0.627. The monoisotopic (exact) mass is 1220 g/mol. The fourth-order valence-electron chi connectivity index (χ4n) is 12.6. The van der Waals surface area contributed by atoms with E-state index in [4.69, 9.17) is 4.74 Å². The number of amides is 1. The minimum Gasteiger partial charge on any atom is -0.466 e. The van der Waals surface area contributed by atoms with Crippen molar-refractivity contribution < 1.29 is 24.5 Å². The van der Waals surface area contributed by atoms with Gasteiger partial charge in [-0.25, -0.2) is 0 Å². The van der Waals surface area contributed by atoms with Crippen LogP contribution in [-0.2, 0) is 14.3 Å². The van der Waals surface area contributed by atoms with Gasteiger partial charge >= 0.3 is 5.97 Å². The first kappa shape index (κ1) is 85.1. The van der Waals surface area contributed by atoms with Gasteiger partial charge < -0.3 is 20.3 Å². The molecule has 0 heterocycles. The van der Waals surface area contributed by atoms with Crippen LogP contribution in [0.1, 0.15) is 444 Å². The second-order valence-electron chi connectivity index (χ2n) is 27.4. The van der Waals surface area contributed by atoms with Gasteiger partial charge in [-0.05, 0) is 83.5 Å². The van der Waals surface area contributed by atoms with Crippen LogP contribution >= 0.6 is 0 Å². The molecule has 0 aromatic heterocycles. The highest BCUT2D eigenvalue weighted by Crippen LogP contribution is 2.19. The van der Waals surface area contributed by atoms with E-state index in [2.05, 4.69) is 43.5 Å². The number of rotatable bonds is 75. The second kappa shape index (κ2) is 76.5. The Balaban J connectivity index is 3.38. The molecule has 514 valence electrons. The number of carbonyl (C=O) groups excluding carboxylic acids is 2. The van der Waals surface area contributed by atoms with E-state index in [-0.39, 0.29) is 18.5 Å². The van der Waals surface area contributed by atoms with Crippen LogP contribution in [0.25, 0.3) is 0 Å². The third-order valence-corrected chi connectivity index (χ3v) is 18.6. The molecule has 0 radical (unpaired) electrons. The summed E-state index contributed by atoms with van der Waals surface area (Å²) in [6.07, 6.45) is 99.8. The van der Waals surface area contributed by atoms with E-state index in [9.17, 15) is 19.8 Å². The Morgan fingerprint density at radius 3 is 0.816 bits per heavy atom. The van der Waals surface area contributed by atoms with Crippen LogP contribution in [0.2, 0.25) is 0 Å². The molecule has 0 bridgehead atoms. The second-order valence-corrected chi connectivity index (χ2v) is 27.4. The third-order valence-electron chi connectivity index (χ3n) is 18.6. The number of esters is 1. The van der Waals surface area contributed by atoms with E-state index < -0.39 is 12.1 Å². The number of nitrogens with one attached hydrogen (secondary N) is 1. The van der Waals surface area contributed by atoms with Gasteiger partial charge in [-0.1, -0.05) is 384 Å². The lowest BCUT2D eigenvalue weighted by Gasteiger charge is -2.20. The minimum atomic E-state index is -0.844. The molecule has 0 aliphatic heterocycles. The molecule has 87 heavy (non-hydrogen) atoms. The molecule has 0 rings (SSSR count). The summed E-state index contributed by atoms with van der Waals surface area (Å²) in [7, 11) is 0. The van der Waals surface area contributed by atoms with Gasteiger partial charge in [-0.15, -0.1) is 0 Å². The number of carbonyl (C=O) groups is 2. The van der Waals surface area contributed by atoms with Crippen molar-refractivity contribution in [3.63, 3.8) is 0 Å². The summed E-state index contributed by atoms with van der Waals surface area (Å²) >= 11 is 0. The van der Waals surface area contributed by atoms with Crippen molar-refractivity contribution in [1.82, 2.24) is 5.32 Å². The number of hydrogen-bond acceptors (Lipinski definition) is 5. The van der Waals surface area contributed by atoms with E-state index >= 15 is 0 Å². The largest absolute Gasteiger partial charge is 0.466 e. The molecule has 6 heteroatoms. The SMILES string of the molecule is CCCCCCC/C=C\CCCCCCCC(=O)OCCCCCCCCCCCCCC/C=C\CCCCCCCCCCCCCCCCCCCC(=O)NC(CO)C(O)/C=C/CCCCCCCCCCCCCCCCCCCCCCC. The van der Waals surface area contributed by atoms with Crippen molar-refractivity contribution in [1.29, 1.82) is 0 Å². The quantitative estimate of drug-likeness (QED) is 0.0320. The number of unbranched alkanes of at least 4 members (excludes halogenated alkanes) is 60. The lowest BCUT2D eigenvalue weighted by molar-refractivity contribution is -0.143. The average molecular weight is 1220 g/mol. The number of ether oxygens (including phenoxy) is 1. The molecule has 2 atom stereocenters. The summed E-state index contributed by atoms with van der Waals surface area (Å²) in [6.45, 7) is 4.94. The minimum absolute atomic E-state index is 0.0105. The number of aliphatic hydroxyl groups is 2. The topological polar surface area (TPSA) is 95.9 Å². The Kier molecular flexibility index (Phi) is 74.8. The molecular weight excluding hydrogens is 1070 g/mol. The van der Waals surface area contributed by atoms with Crippen LogP contribution in [0.15, 0.2) is 36.5 Å². The zero-order valence-electron chi connectivity index (χ0n) is 59.0. The fraction of sp³-hybridized carbons (Fsp3) is 0.901. The van der Waals surface area contributed by atoms with Gasteiger partial charge in [-0.3, -0.25) is 9.59 Å². The number of allylic oxidation sites excluding steroid dienone is 5. The molecule has 0 aromatic rings. The standard InChI is InChI=1S/C81H155NO5/c1-3-5-7-9-11-13-15-17-19-20-21-22-34-37-40-43-46-49-53-57-61-65-69-73-79(84)78(77-83)82-80(85)74-70-66-62-58-54-50-47-44-41-38-35-32-30-28-26-24-23-25-27-29-31-33-36-39-42-45-48-52-56-60-64-68-72-76-87-81(86)75-71-67-63-59-55-51-18-16-14-12-10-8-6-4-2/h16,18,27,29,69,73,78-79,83-84H,3-15,17,19-26,28,30-68,70-72,74-77H2,1-2H3,(H,82,85)/b18-16-,29-27-,73-69+. The number of hydrogen-bond donors (Lipinski definition) is 3. The predicted molar refractivity (Wildman–Crippen MR) is 384 cm³/mol. The Morgan fingerprint density at radius 2 is 0.540 bits per heavy atom. The molecule has 2 unspecified atom stereocenters. The average Bonchev–Trinajstić information content (AvgIpc) is 3.52. The van der Waals surface area contributed by atoms with Gasteiger partial charge in [0.05, 0.1) is 25.4 Å². The zero-order chi connectivity index (χ0) is 62.8. The van der Waals surface area contributed by atoms with Crippen LogP contribution in [0.5, 0.6) is 0 Å². The summed E-state index contributed by atoms with van der Waals surface area (Å²) in [5.41, 5.74) is 0. The molecule has 1 amide bonds. The molecular formula is C81H155NO5. The van der Waals surface area contributed by atoms with Crippen LogP contribution in [0.3, 0.4) is 0 Å². The molecule has 6 nitrogen and oxygen atoms in total. The molecule has 0 aromatic carbocycles. The van der Waals surface area contributed by atoms with Crippen LogP contribution in [0.4, 0.5) is 0 Å². The maximum absolute atomic E-state index is 12.6. The Bertz CT molecular complexity index is 1410. The first-order valence-corrected chi connectivity index (χ1v) is 39.8. The third kappa shape index (κ3) is 73.0. The van der Waals surface area contributed by atoms with E-state index in [1.807, 2.05) is 6.08 Å². The van der Waals surface area contributed by atoms with Crippen molar-refractivity contribution in [2.75, 3.05) is 13.2 Å². The van der Waals surface area contributed by atoms with Gasteiger partial charge in [0.1, 0.15) is 0 Å². The van der Waals surface area contributed by atoms with Crippen molar-refractivity contribution in [2.24, 2.45) is 0 Å². The lowest BCUT2D eigenvalue weighted by Crippen LogP contribution is -2.45. The predicted octanol–water partition coefficient (Wildman–Crippen LogP) is 26.2. The summed E-state index contributed by atoms with van der Waals surface area (Å²) < 4.78 is 5.49. The fourth-order valence-corrected chi connectivity index (χ4v) is 12.6. The van der Waals surface area contributed by atoms with Crippen LogP contribution in [-0.4, -0.2) is 47.4 Å². The maximum Gasteiger partial charge on any atom is 0.305 e. The van der Waals surface area contributed by atoms with Gasteiger partial charge in [0.2, 0.25) is 5.91 Å². The highest BCUT2D eigenvalue weighted by atomic mass is 16.5. The highest BCUT2D eigenvalue weighted by Gasteiger charge is 2.18. The Labute approximate surface area is 544 Å². The Hall–Kier alpha value is -1.92. The van der Waals surface area contributed by atoms with E-state index in [0.29, 0.717) is 19.4 Å². The highest BCUT2D eigenvalue weighted by molar-refractivity contribution is 5.76. The normalized spacial score (nSPS) is 12.6. The number of aliphatic hydroxyl groups excluding tert-OH is 2. The van der Waals surface area contributed by atoms with Crippen LogP contribution in [0, 0.1) is 0 Å². The van der Waals surface area contributed by atoms with Gasteiger partial charge in [0.15, 0.2) is 0 Å². The summed E-state index contributed by atoms with van der Waals surface area (Å²) in [5.74, 6) is -0.0495. The lowest BCUT2D eigenvalue weighted by atomic mass is 10.0. The summed E-state index contributed by atoms with van der Waals surface area (Å²) in [4.78, 5) is 24.6. The zero-order valence-corrected chi connectivity index (χ0v) is 59.0. The van der Waals surface area contributed by atoms with Gasteiger partial charge in [0.25, 0.3) is 0 Å². The molecule has 0 aliphatic rings. The smallest absolute Gasteiger partial charge is 0.305 e. The molecule has 0 fully saturated rings. The van der Waals surface area contributed by atoms with Crippen molar-refractivity contribution in [3.8, 4) is 0 Å². The van der Waals surface area contributed by atoms with E-state index in [1.165, 1.54) is 372 Å². The molecule has 0 aliphatic carbocycles. The first-order chi connectivity index (χ1) is 43.0. The molecule has 0 spiro atoms. The van der Waals surface area contributed by atoms with Gasteiger partial charge in [-0.2, -0.15) is 0 Å². The molecule has 0 saturated carbocycles. The Morgan fingerprint density at radius 1 is 0.310 bits per heavy atom. The first-order valence-electron chi connectivity index (χ1n) is 39.8. The van der Waals surface area contributed by atoms with Crippen molar-refractivity contribution >= 4 is 11.9 Å².